The van der Waals surface area contributed by atoms with Gasteiger partial charge in [-0.2, -0.15) is 5.10 Å². The van der Waals surface area contributed by atoms with Crippen molar-refractivity contribution in [2.45, 2.75) is 37.6 Å². The predicted octanol–water partition coefficient (Wildman–Crippen LogP) is 4.99. The van der Waals surface area contributed by atoms with Crippen LogP contribution in [-0.2, 0) is 0 Å². The molecular formula is C26H30N4. The second-order valence-corrected chi connectivity index (χ2v) is 8.57. The maximum absolute atomic E-state index is 4.52. The van der Waals surface area contributed by atoms with Gasteiger partial charge in [0.15, 0.2) is 5.82 Å². The van der Waals surface area contributed by atoms with E-state index in [9.17, 15) is 0 Å². The Hall–Kier alpha value is -2.72. The molecule has 2 aromatic carbocycles. The fourth-order valence-corrected chi connectivity index (χ4v) is 5.20. The molecule has 1 aliphatic heterocycles. The maximum atomic E-state index is 4.52. The van der Waals surface area contributed by atoms with E-state index >= 15 is 0 Å². The van der Waals surface area contributed by atoms with Crippen LogP contribution in [0.5, 0.6) is 0 Å². The number of nitrogens with zero attached hydrogens (tertiary/aromatic N) is 4. The lowest BCUT2D eigenvalue weighted by Crippen LogP contribution is -2.51. The molecule has 0 radical (unpaired) electrons. The van der Waals surface area contributed by atoms with E-state index in [2.05, 4.69) is 86.7 Å². The average Bonchev–Trinajstić information content (AvgIpc) is 2.85. The molecule has 1 saturated heterocycles. The van der Waals surface area contributed by atoms with E-state index in [4.69, 9.17) is 0 Å². The fourth-order valence-electron chi connectivity index (χ4n) is 5.20. The molecule has 3 aromatic rings. The Morgan fingerprint density at radius 2 is 1.37 bits per heavy atom. The molecule has 0 bridgehead atoms. The summed E-state index contributed by atoms with van der Waals surface area (Å²) in [5.41, 5.74) is 3.92. The summed E-state index contributed by atoms with van der Waals surface area (Å²) >= 11 is 0. The van der Waals surface area contributed by atoms with Crippen molar-refractivity contribution in [3.8, 4) is 11.1 Å². The van der Waals surface area contributed by atoms with Gasteiger partial charge in [0.05, 0.1) is 6.20 Å². The van der Waals surface area contributed by atoms with E-state index in [1.54, 1.807) is 6.20 Å². The van der Waals surface area contributed by atoms with Gasteiger partial charge in [0.25, 0.3) is 0 Å². The second kappa shape index (κ2) is 8.97. The van der Waals surface area contributed by atoms with Crippen LogP contribution in [-0.4, -0.2) is 47.3 Å². The second-order valence-electron chi connectivity index (χ2n) is 8.57. The molecule has 2 fully saturated rings. The van der Waals surface area contributed by atoms with E-state index in [-0.39, 0.29) is 0 Å². The summed E-state index contributed by atoms with van der Waals surface area (Å²) in [4.78, 5) is 5.14. The Kier molecular flexibility index (Phi) is 5.76. The number of rotatable bonds is 4. The summed E-state index contributed by atoms with van der Waals surface area (Å²) < 4.78 is 0. The lowest BCUT2D eigenvalue weighted by Gasteiger charge is -2.42. The maximum Gasteiger partial charge on any atom is 0.159 e. The first-order chi connectivity index (χ1) is 14.9. The van der Waals surface area contributed by atoms with Crippen LogP contribution >= 0.6 is 0 Å². The first-order valence-electron chi connectivity index (χ1n) is 11.3. The zero-order valence-corrected chi connectivity index (χ0v) is 17.5. The Bertz CT molecular complexity index is 928. The van der Waals surface area contributed by atoms with Crippen molar-refractivity contribution >= 4 is 5.82 Å². The highest BCUT2D eigenvalue weighted by atomic mass is 15.3. The Morgan fingerprint density at radius 3 is 2.07 bits per heavy atom. The first-order valence-corrected chi connectivity index (χ1v) is 11.3. The molecule has 0 spiro atoms. The van der Waals surface area contributed by atoms with Crippen LogP contribution in [0.15, 0.2) is 72.9 Å². The van der Waals surface area contributed by atoms with Gasteiger partial charge in [-0.05, 0) is 48.8 Å². The molecule has 1 aliphatic carbocycles. The molecule has 4 nitrogen and oxygen atoms in total. The van der Waals surface area contributed by atoms with Crippen LogP contribution in [0, 0.1) is 0 Å². The zero-order chi connectivity index (χ0) is 20.2. The standard InChI is InChI=1S/C26H30N4/c1-3-7-21(8-4-1)22-11-13-24(14-12-22)29-17-19-30(20-18-29)26-25(15-16-27-28-26)23-9-5-2-6-10-23/h1-10,15-16,22,24H,11-14,17-20H2. The summed E-state index contributed by atoms with van der Waals surface area (Å²) in [5.74, 6) is 1.77. The molecule has 2 aliphatic rings. The Labute approximate surface area is 179 Å². The molecule has 1 aromatic heterocycles. The largest absolute Gasteiger partial charge is 0.352 e. The minimum atomic E-state index is 0.738. The number of piperazine rings is 1. The Morgan fingerprint density at radius 1 is 0.700 bits per heavy atom. The van der Waals surface area contributed by atoms with Gasteiger partial charge in [-0.15, -0.1) is 5.10 Å². The van der Waals surface area contributed by atoms with Crippen molar-refractivity contribution < 1.29 is 0 Å². The molecule has 0 N–H and O–H groups in total. The normalized spacial score (nSPS) is 22.7. The van der Waals surface area contributed by atoms with Gasteiger partial charge >= 0.3 is 0 Å². The van der Waals surface area contributed by atoms with E-state index in [1.165, 1.54) is 42.4 Å². The highest BCUT2D eigenvalue weighted by molar-refractivity contribution is 5.75. The van der Waals surface area contributed by atoms with Gasteiger partial charge in [0.2, 0.25) is 0 Å². The summed E-state index contributed by atoms with van der Waals surface area (Å²) in [6.07, 6.45) is 7.07. The quantitative estimate of drug-likeness (QED) is 0.620. The van der Waals surface area contributed by atoms with Gasteiger partial charge in [0.1, 0.15) is 0 Å². The lowest BCUT2D eigenvalue weighted by atomic mass is 9.81. The molecular weight excluding hydrogens is 368 g/mol. The van der Waals surface area contributed by atoms with Crippen LogP contribution in [0.25, 0.3) is 11.1 Å². The number of hydrogen-bond acceptors (Lipinski definition) is 4. The average molecular weight is 399 g/mol. The monoisotopic (exact) mass is 398 g/mol. The van der Waals surface area contributed by atoms with Crippen molar-refractivity contribution in [3.63, 3.8) is 0 Å². The number of anilines is 1. The summed E-state index contributed by atoms with van der Waals surface area (Å²) in [7, 11) is 0. The van der Waals surface area contributed by atoms with Crippen LogP contribution in [0.2, 0.25) is 0 Å². The first kappa shape index (κ1) is 19.3. The van der Waals surface area contributed by atoms with Crippen molar-refractivity contribution in [1.29, 1.82) is 0 Å². The van der Waals surface area contributed by atoms with Crippen molar-refractivity contribution in [2.24, 2.45) is 0 Å². The molecule has 0 unspecified atom stereocenters. The van der Waals surface area contributed by atoms with Gasteiger partial charge in [-0.1, -0.05) is 60.7 Å². The highest BCUT2D eigenvalue weighted by Crippen LogP contribution is 2.35. The van der Waals surface area contributed by atoms with Gasteiger partial charge < -0.3 is 4.90 Å². The van der Waals surface area contributed by atoms with Gasteiger partial charge in [-0.3, -0.25) is 4.90 Å². The van der Waals surface area contributed by atoms with E-state index in [0.29, 0.717) is 0 Å². The Balaban J connectivity index is 1.20. The minimum Gasteiger partial charge on any atom is -0.352 e. The number of benzene rings is 2. The molecule has 0 amide bonds. The third-order valence-corrected chi connectivity index (χ3v) is 6.88. The fraction of sp³-hybridized carbons (Fsp3) is 0.385. The number of aromatic nitrogens is 2. The van der Waals surface area contributed by atoms with Crippen molar-refractivity contribution in [1.82, 2.24) is 15.1 Å². The topological polar surface area (TPSA) is 32.3 Å². The molecule has 2 heterocycles. The lowest BCUT2D eigenvalue weighted by molar-refractivity contribution is 0.141. The van der Waals surface area contributed by atoms with Crippen molar-refractivity contribution in [2.75, 3.05) is 31.1 Å². The molecule has 4 heteroatoms. The van der Waals surface area contributed by atoms with Gasteiger partial charge in [-0.25, -0.2) is 0 Å². The van der Waals surface area contributed by atoms with Crippen molar-refractivity contribution in [3.05, 3.63) is 78.5 Å². The number of hydrogen-bond donors (Lipinski definition) is 0. The molecule has 0 atom stereocenters. The summed E-state index contributed by atoms with van der Waals surface area (Å²) in [6, 6.07) is 24.4. The van der Waals surface area contributed by atoms with E-state index < -0.39 is 0 Å². The highest BCUT2D eigenvalue weighted by Gasteiger charge is 2.29. The minimum absolute atomic E-state index is 0.738. The third-order valence-electron chi connectivity index (χ3n) is 6.88. The van der Waals surface area contributed by atoms with Crippen LogP contribution in [0.4, 0.5) is 5.82 Å². The van der Waals surface area contributed by atoms with Crippen LogP contribution in [0.1, 0.15) is 37.2 Å². The molecule has 30 heavy (non-hydrogen) atoms. The molecule has 1 saturated carbocycles. The smallest absolute Gasteiger partial charge is 0.159 e. The van der Waals surface area contributed by atoms with Gasteiger partial charge in [0, 0.05) is 37.8 Å². The van der Waals surface area contributed by atoms with Crippen LogP contribution < -0.4 is 4.90 Å². The SMILES string of the molecule is c1ccc(-c2ccnnc2N2CCN(C3CCC(c4ccccc4)CC3)CC2)cc1. The zero-order valence-electron chi connectivity index (χ0n) is 17.5. The predicted molar refractivity (Wildman–Crippen MR) is 123 cm³/mol. The van der Waals surface area contributed by atoms with E-state index in [0.717, 1.165) is 44.0 Å². The molecule has 5 rings (SSSR count). The molecule has 154 valence electrons. The summed E-state index contributed by atoms with van der Waals surface area (Å²) in [5, 5.41) is 8.70. The third kappa shape index (κ3) is 4.10. The van der Waals surface area contributed by atoms with E-state index in [1.807, 2.05) is 0 Å². The van der Waals surface area contributed by atoms with Crippen LogP contribution in [0.3, 0.4) is 0 Å². The summed E-state index contributed by atoms with van der Waals surface area (Å²) in [6.45, 7) is 4.28.